The highest BCUT2D eigenvalue weighted by Crippen LogP contribution is 2.27. The van der Waals surface area contributed by atoms with E-state index in [2.05, 4.69) is 21.2 Å². The standard InChI is InChI=1S/C35H37BrFN3O5S/c1-4-25(2)38-35(42)33(22-26-9-6-5-7-10-26)39(23-27-11-8-12-28(36)21-27)34(41)24-40(30-15-13-29(37)14-16-30)46(43,44)32-19-17-31(45-3)18-20-32/h5-21,25,33H,4,22-24H2,1-3H3,(H,38,42)/t25-,33+/m1/s1. The summed E-state index contributed by atoms with van der Waals surface area (Å²) >= 11 is 3.48. The van der Waals surface area contributed by atoms with Gasteiger partial charge >= 0.3 is 0 Å². The van der Waals surface area contributed by atoms with Crippen LogP contribution >= 0.6 is 15.9 Å². The fourth-order valence-electron chi connectivity index (χ4n) is 4.84. The van der Waals surface area contributed by atoms with Gasteiger partial charge in [-0.25, -0.2) is 12.8 Å². The number of anilines is 1. The first-order valence-electron chi connectivity index (χ1n) is 14.8. The van der Waals surface area contributed by atoms with Crippen LogP contribution in [0.3, 0.4) is 0 Å². The lowest BCUT2D eigenvalue weighted by molar-refractivity contribution is -0.140. The lowest BCUT2D eigenvalue weighted by Crippen LogP contribution is -2.54. The van der Waals surface area contributed by atoms with Crippen LogP contribution < -0.4 is 14.4 Å². The van der Waals surface area contributed by atoms with Crippen LogP contribution in [-0.2, 0) is 32.6 Å². The Balaban J connectivity index is 1.80. The minimum absolute atomic E-state index is 0.0313. The highest BCUT2D eigenvalue weighted by Gasteiger charge is 2.35. The molecule has 0 aliphatic rings. The molecule has 2 amide bonds. The number of rotatable bonds is 14. The Morgan fingerprint density at radius 3 is 2.17 bits per heavy atom. The zero-order chi connectivity index (χ0) is 33.3. The molecule has 0 unspecified atom stereocenters. The summed E-state index contributed by atoms with van der Waals surface area (Å²) in [5, 5.41) is 3.01. The minimum Gasteiger partial charge on any atom is -0.497 e. The van der Waals surface area contributed by atoms with Crippen LogP contribution in [0.2, 0.25) is 0 Å². The first kappa shape index (κ1) is 34.6. The molecule has 0 bridgehead atoms. The van der Waals surface area contributed by atoms with Crippen LogP contribution in [0.15, 0.2) is 112 Å². The number of halogens is 2. The Bertz CT molecular complexity index is 1720. The number of carbonyl (C=O) groups is 2. The number of sulfonamides is 1. The molecule has 0 saturated heterocycles. The summed E-state index contributed by atoms with van der Waals surface area (Å²) in [6, 6.07) is 26.2. The van der Waals surface area contributed by atoms with E-state index < -0.39 is 34.3 Å². The van der Waals surface area contributed by atoms with Crippen molar-refractivity contribution in [3.63, 3.8) is 0 Å². The van der Waals surface area contributed by atoms with Crippen molar-refractivity contribution in [2.75, 3.05) is 18.0 Å². The molecule has 8 nitrogen and oxygen atoms in total. The molecule has 0 saturated carbocycles. The molecule has 4 rings (SSSR count). The number of nitrogens with one attached hydrogen (secondary N) is 1. The third kappa shape index (κ3) is 8.95. The lowest BCUT2D eigenvalue weighted by atomic mass is 10.0. The van der Waals surface area contributed by atoms with Gasteiger partial charge in [0, 0.05) is 23.5 Å². The normalized spacial score (nSPS) is 12.5. The molecular weight excluding hydrogens is 673 g/mol. The monoisotopic (exact) mass is 709 g/mol. The number of amides is 2. The van der Waals surface area contributed by atoms with Crippen molar-refractivity contribution >= 4 is 43.5 Å². The van der Waals surface area contributed by atoms with Crippen LogP contribution in [-0.4, -0.2) is 50.9 Å². The largest absolute Gasteiger partial charge is 0.497 e. The van der Waals surface area contributed by atoms with Gasteiger partial charge in [-0.3, -0.25) is 13.9 Å². The van der Waals surface area contributed by atoms with Crippen molar-refractivity contribution in [3.05, 3.63) is 125 Å². The molecule has 1 N–H and O–H groups in total. The molecule has 242 valence electrons. The molecule has 2 atom stereocenters. The number of hydrogen-bond acceptors (Lipinski definition) is 5. The molecule has 46 heavy (non-hydrogen) atoms. The summed E-state index contributed by atoms with van der Waals surface area (Å²) < 4.78 is 49.0. The van der Waals surface area contributed by atoms with Crippen molar-refractivity contribution in [3.8, 4) is 5.75 Å². The molecule has 4 aromatic carbocycles. The maximum absolute atomic E-state index is 14.5. The number of nitrogens with zero attached hydrogens (tertiary/aromatic N) is 2. The third-order valence-electron chi connectivity index (χ3n) is 7.55. The van der Waals surface area contributed by atoms with Gasteiger partial charge in [-0.2, -0.15) is 0 Å². The van der Waals surface area contributed by atoms with Crippen molar-refractivity contribution in [2.45, 2.75) is 50.2 Å². The molecule has 0 aliphatic carbocycles. The summed E-state index contributed by atoms with van der Waals surface area (Å²) in [5.74, 6) is -1.06. The molecule has 0 fully saturated rings. The second-order valence-corrected chi connectivity index (χ2v) is 13.6. The Labute approximate surface area is 278 Å². The Morgan fingerprint density at radius 1 is 0.913 bits per heavy atom. The van der Waals surface area contributed by atoms with Crippen LogP contribution in [0.25, 0.3) is 0 Å². The SMILES string of the molecule is CC[C@@H](C)NC(=O)[C@H](Cc1ccccc1)N(Cc1cccc(Br)c1)C(=O)CN(c1ccc(F)cc1)S(=O)(=O)c1ccc(OC)cc1. The van der Waals surface area contributed by atoms with Crippen LogP contribution in [0, 0.1) is 5.82 Å². The average Bonchev–Trinajstić information content (AvgIpc) is 3.06. The van der Waals surface area contributed by atoms with Gasteiger partial charge in [0.2, 0.25) is 11.8 Å². The Morgan fingerprint density at radius 2 is 1.57 bits per heavy atom. The second kappa shape index (κ2) is 15.9. The molecule has 0 heterocycles. The Kier molecular flexibility index (Phi) is 11.9. The average molecular weight is 711 g/mol. The molecular formula is C35H37BrFN3O5S. The van der Waals surface area contributed by atoms with Gasteiger partial charge in [-0.1, -0.05) is 65.3 Å². The number of hydrogen-bond donors (Lipinski definition) is 1. The first-order chi connectivity index (χ1) is 22.0. The molecule has 0 aromatic heterocycles. The topological polar surface area (TPSA) is 96.0 Å². The number of ether oxygens (including phenoxy) is 1. The number of benzene rings is 4. The van der Waals surface area contributed by atoms with Gasteiger partial charge in [0.25, 0.3) is 10.0 Å². The van der Waals surface area contributed by atoms with Crippen molar-refractivity contribution < 1.29 is 27.1 Å². The van der Waals surface area contributed by atoms with Gasteiger partial charge in [0.1, 0.15) is 24.2 Å². The smallest absolute Gasteiger partial charge is 0.264 e. The quantitative estimate of drug-likeness (QED) is 0.165. The second-order valence-electron chi connectivity index (χ2n) is 10.8. The van der Waals surface area contributed by atoms with E-state index in [0.717, 1.165) is 32.0 Å². The summed E-state index contributed by atoms with van der Waals surface area (Å²) in [7, 11) is -2.86. The van der Waals surface area contributed by atoms with Gasteiger partial charge in [0.05, 0.1) is 17.7 Å². The third-order valence-corrected chi connectivity index (χ3v) is 9.84. The van der Waals surface area contributed by atoms with Crippen LogP contribution in [0.4, 0.5) is 10.1 Å². The van der Waals surface area contributed by atoms with Crippen LogP contribution in [0.5, 0.6) is 5.75 Å². The summed E-state index contributed by atoms with van der Waals surface area (Å²) in [6.45, 7) is 3.22. The van der Waals surface area contributed by atoms with Gasteiger partial charge in [-0.05, 0) is 85.1 Å². The maximum atomic E-state index is 14.5. The van der Waals surface area contributed by atoms with Gasteiger partial charge < -0.3 is 15.0 Å². The van der Waals surface area contributed by atoms with E-state index >= 15 is 0 Å². The predicted octanol–water partition coefficient (Wildman–Crippen LogP) is 6.35. The zero-order valence-corrected chi connectivity index (χ0v) is 28.3. The molecule has 11 heteroatoms. The highest BCUT2D eigenvalue weighted by atomic mass is 79.9. The minimum atomic E-state index is -4.33. The first-order valence-corrected chi connectivity index (χ1v) is 17.1. The van der Waals surface area contributed by atoms with Gasteiger partial charge in [0.15, 0.2) is 0 Å². The van der Waals surface area contributed by atoms with Crippen molar-refractivity contribution in [2.24, 2.45) is 0 Å². The van der Waals surface area contributed by atoms with Crippen LogP contribution in [0.1, 0.15) is 31.4 Å². The molecule has 4 aromatic rings. The number of carbonyl (C=O) groups excluding carboxylic acids is 2. The summed E-state index contributed by atoms with van der Waals surface area (Å²) in [4.78, 5) is 29.7. The highest BCUT2D eigenvalue weighted by molar-refractivity contribution is 9.10. The lowest BCUT2D eigenvalue weighted by Gasteiger charge is -2.34. The predicted molar refractivity (Wildman–Crippen MR) is 180 cm³/mol. The van der Waals surface area contributed by atoms with E-state index in [-0.39, 0.29) is 35.5 Å². The van der Waals surface area contributed by atoms with E-state index in [0.29, 0.717) is 12.2 Å². The summed E-state index contributed by atoms with van der Waals surface area (Å²) in [5.41, 5.74) is 1.67. The van der Waals surface area contributed by atoms with Crippen molar-refractivity contribution in [1.29, 1.82) is 0 Å². The molecule has 0 aliphatic heterocycles. The van der Waals surface area contributed by atoms with E-state index in [1.165, 1.54) is 48.4 Å². The van der Waals surface area contributed by atoms with E-state index in [1.54, 1.807) is 0 Å². The van der Waals surface area contributed by atoms with E-state index in [9.17, 15) is 22.4 Å². The fourth-order valence-corrected chi connectivity index (χ4v) is 6.70. The zero-order valence-electron chi connectivity index (χ0n) is 25.9. The van der Waals surface area contributed by atoms with E-state index in [4.69, 9.17) is 4.74 Å². The van der Waals surface area contributed by atoms with Gasteiger partial charge in [-0.15, -0.1) is 0 Å². The number of methoxy groups -OCH3 is 1. The van der Waals surface area contributed by atoms with Crippen molar-refractivity contribution in [1.82, 2.24) is 10.2 Å². The maximum Gasteiger partial charge on any atom is 0.264 e. The Hall–Kier alpha value is -4.22. The summed E-state index contributed by atoms with van der Waals surface area (Å²) in [6.07, 6.45) is 0.881. The fraction of sp³-hybridized carbons (Fsp3) is 0.257. The van der Waals surface area contributed by atoms with E-state index in [1.807, 2.05) is 68.4 Å². The molecule has 0 spiro atoms. The molecule has 0 radical (unpaired) electrons.